The first-order valence-electron chi connectivity index (χ1n) is 6.04. The van der Waals surface area contributed by atoms with Crippen LogP contribution in [0, 0.1) is 0 Å². The number of carbonyl (C=O) groups is 1. The molecule has 0 fully saturated rings. The molecule has 1 N–H and O–H groups in total. The van der Waals surface area contributed by atoms with Gasteiger partial charge in [0.15, 0.2) is 0 Å². The minimum atomic E-state index is -1.05. The standard InChI is InChI=1S/C13H14ClN3O3/c1-3-10-12(14)11(17(2)16-10)7-20-9-4-8(13(18)19)5-15-6-9/h4-6H,3,7H2,1-2H3,(H,18,19). The summed E-state index contributed by atoms with van der Waals surface area (Å²) in [4.78, 5) is 14.7. The highest BCUT2D eigenvalue weighted by atomic mass is 35.5. The van der Waals surface area contributed by atoms with Gasteiger partial charge < -0.3 is 9.84 Å². The molecule has 2 aromatic rings. The van der Waals surface area contributed by atoms with E-state index >= 15 is 0 Å². The number of aromatic nitrogens is 3. The molecular weight excluding hydrogens is 282 g/mol. The van der Waals surface area contributed by atoms with Crippen LogP contribution in [-0.2, 0) is 20.1 Å². The quantitative estimate of drug-likeness (QED) is 0.916. The molecule has 0 saturated heterocycles. The van der Waals surface area contributed by atoms with E-state index in [1.165, 1.54) is 18.5 Å². The van der Waals surface area contributed by atoms with Crippen LogP contribution in [-0.4, -0.2) is 25.8 Å². The smallest absolute Gasteiger partial charge is 0.337 e. The number of halogens is 1. The van der Waals surface area contributed by atoms with Crippen LogP contribution >= 0.6 is 11.6 Å². The molecule has 0 bridgehead atoms. The number of hydrogen-bond acceptors (Lipinski definition) is 4. The molecule has 0 aliphatic heterocycles. The Hall–Kier alpha value is -2.08. The lowest BCUT2D eigenvalue weighted by atomic mass is 10.3. The van der Waals surface area contributed by atoms with Gasteiger partial charge in [0.05, 0.1) is 28.2 Å². The molecule has 0 aromatic carbocycles. The maximum Gasteiger partial charge on any atom is 0.337 e. The van der Waals surface area contributed by atoms with E-state index in [2.05, 4.69) is 10.1 Å². The summed E-state index contributed by atoms with van der Waals surface area (Å²) in [6.07, 6.45) is 3.46. The average Bonchev–Trinajstić information content (AvgIpc) is 2.71. The predicted molar refractivity (Wildman–Crippen MR) is 73.1 cm³/mol. The summed E-state index contributed by atoms with van der Waals surface area (Å²) in [6, 6.07) is 1.42. The third kappa shape index (κ3) is 2.91. The van der Waals surface area contributed by atoms with Crippen molar-refractivity contribution in [3.8, 4) is 5.75 Å². The Balaban J connectivity index is 2.15. The molecule has 0 saturated carbocycles. The lowest BCUT2D eigenvalue weighted by Gasteiger charge is -2.07. The number of aromatic carboxylic acids is 1. The molecule has 2 heterocycles. The van der Waals surface area contributed by atoms with Crippen LogP contribution in [0.1, 0.15) is 28.7 Å². The highest BCUT2D eigenvalue weighted by Crippen LogP contribution is 2.22. The number of hydrogen-bond donors (Lipinski definition) is 1. The van der Waals surface area contributed by atoms with Crippen LogP contribution in [0.3, 0.4) is 0 Å². The molecule has 20 heavy (non-hydrogen) atoms. The van der Waals surface area contributed by atoms with Gasteiger partial charge in [0, 0.05) is 13.2 Å². The Kier molecular flexibility index (Phi) is 4.24. The van der Waals surface area contributed by atoms with Crippen molar-refractivity contribution in [3.05, 3.63) is 40.4 Å². The van der Waals surface area contributed by atoms with Crippen LogP contribution in [0.15, 0.2) is 18.5 Å². The van der Waals surface area contributed by atoms with Gasteiger partial charge in [0.1, 0.15) is 12.4 Å². The number of carboxylic acids is 1. The highest BCUT2D eigenvalue weighted by Gasteiger charge is 2.14. The lowest BCUT2D eigenvalue weighted by Crippen LogP contribution is -2.05. The van der Waals surface area contributed by atoms with E-state index in [4.69, 9.17) is 21.4 Å². The number of ether oxygens (including phenoxy) is 1. The zero-order chi connectivity index (χ0) is 14.7. The van der Waals surface area contributed by atoms with E-state index in [1.807, 2.05) is 6.92 Å². The highest BCUT2D eigenvalue weighted by molar-refractivity contribution is 6.31. The molecule has 6 nitrogen and oxygen atoms in total. The summed E-state index contributed by atoms with van der Waals surface area (Å²) in [6.45, 7) is 2.17. The van der Waals surface area contributed by atoms with Crippen molar-refractivity contribution in [2.75, 3.05) is 0 Å². The van der Waals surface area contributed by atoms with Crippen molar-refractivity contribution in [1.29, 1.82) is 0 Å². The maximum atomic E-state index is 10.8. The van der Waals surface area contributed by atoms with Gasteiger partial charge in [0.2, 0.25) is 0 Å². The Morgan fingerprint density at radius 1 is 1.50 bits per heavy atom. The first kappa shape index (κ1) is 14.3. The van der Waals surface area contributed by atoms with Crippen LogP contribution in [0.4, 0.5) is 0 Å². The number of nitrogens with zero attached hydrogens (tertiary/aromatic N) is 3. The molecule has 0 amide bonds. The fourth-order valence-corrected chi connectivity index (χ4v) is 2.09. The minimum absolute atomic E-state index is 0.0767. The summed E-state index contributed by atoms with van der Waals surface area (Å²) in [5.41, 5.74) is 1.63. The largest absolute Gasteiger partial charge is 0.486 e. The first-order chi connectivity index (χ1) is 9.52. The summed E-state index contributed by atoms with van der Waals surface area (Å²) in [7, 11) is 1.79. The summed E-state index contributed by atoms with van der Waals surface area (Å²) in [5.74, 6) is -0.671. The van der Waals surface area contributed by atoms with E-state index in [9.17, 15) is 4.79 Å². The fourth-order valence-electron chi connectivity index (χ4n) is 1.74. The van der Waals surface area contributed by atoms with Crippen LogP contribution in [0.25, 0.3) is 0 Å². The number of aryl methyl sites for hydroxylation is 2. The molecule has 2 rings (SSSR count). The van der Waals surface area contributed by atoms with Crippen molar-refractivity contribution in [2.45, 2.75) is 20.0 Å². The number of pyridine rings is 1. The van der Waals surface area contributed by atoms with Gasteiger partial charge in [-0.15, -0.1) is 0 Å². The second-order valence-electron chi connectivity index (χ2n) is 4.19. The van der Waals surface area contributed by atoms with Crippen LogP contribution in [0.2, 0.25) is 5.02 Å². The lowest BCUT2D eigenvalue weighted by molar-refractivity contribution is 0.0696. The maximum absolute atomic E-state index is 10.8. The second kappa shape index (κ2) is 5.92. The summed E-state index contributed by atoms with van der Waals surface area (Å²) in [5, 5.41) is 13.7. The van der Waals surface area contributed by atoms with Crippen molar-refractivity contribution >= 4 is 17.6 Å². The van der Waals surface area contributed by atoms with E-state index in [0.29, 0.717) is 10.8 Å². The van der Waals surface area contributed by atoms with Gasteiger partial charge in [-0.25, -0.2) is 4.79 Å². The zero-order valence-electron chi connectivity index (χ0n) is 11.1. The average molecular weight is 296 g/mol. The van der Waals surface area contributed by atoms with Crippen LogP contribution in [0.5, 0.6) is 5.75 Å². The SMILES string of the molecule is CCc1nn(C)c(COc2cncc(C(=O)O)c2)c1Cl. The molecular formula is C13H14ClN3O3. The van der Waals surface area contributed by atoms with Gasteiger partial charge in [-0.3, -0.25) is 9.67 Å². The number of carboxylic acid groups (broad SMARTS) is 1. The van der Waals surface area contributed by atoms with Crippen molar-refractivity contribution in [3.63, 3.8) is 0 Å². The van der Waals surface area contributed by atoms with Crippen molar-refractivity contribution in [2.24, 2.45) is 7.05 Å². The molecule has 2 aromatic heterocycles. The predicted octanol–water partition coefficient (Wildman–Crippen LogP) is 2.31. The summed E-state index contributed by atoms with van der Waals surface area (Å²) >= 11 is 6.20. The Morgan fingerprint density at radius 2 is 2.25 bits per heavy atom. The Morgan fingerprint density at radius 3 is 2.85 bits per heavy atom. The van der Waals surface area contributed by atoms with E-state index in [-0.39, 0.29) is 12.2 Å². The molecule has 0 aliphatic rings. The third-order valence-corrected chi connectivity index (χ3v) is 3.27. The fraction of sp³-hybridized carbons (Fsp3) is 0.308. The first-order valence-corrected chi connectivity index (χ1v) is 6.42. The number of rotatable bonds is 5. The molecule has 7 heteroatoms. The second-order valence-corrected chi connectivity index (χ2v) is 4.57. The van der Waals surface area contributed by atoms with Gasteiger partial charge in [-0.05, 0) is 12.5 Å². The molecule has 0 aliphatic carbocycles. The molecule has 0 atom stereocenters. The Bertz CT molecular complexity index is 640. The van der Waals surface area contributed by atoms with Crippen molar-refractivity contribution < 1.29 is 14.6 Å². The normalized spacial score (nSPS) is 10.6. The molecule has 0 radical (unpaired) electrons. The molecule has 0 spiro atoms. The van der Waals surface area contributed by atoms with Gasteiger partial charge in [0.25, 0.3) is 0 Å². The molecule has 0 unspecified atom stereocenters. The summed E-state index contributed by atoms with van der Waals surface area (Å²) < 4.78 is 7.19. The van der Waals surface area contributed by atoms with Gasteiger partial charge in [-0.1, -0.05) is 18.5 Å². The molecule has 106 valence electrons. The minimum Gasteiger partial charge on any atom is -0.486 e. The van der Waals surface area contributed by atoms with E-state index in [1.54, 1.807) is 11.7 Å². The van der Waals surface area contributed by atoms with Crippen molar-refractivity contribution in [1.82, 2.24) is 14.8 Å². The van der Waals surface area contributed by atoms with Gasteiger partial charge in [-0.2, -0.15) is 5.10 Å². The van der Waals surface area contributed by atoms with Crippen LogP contribution < -0.4 is 4.74 Å². The van der Waals surface area contributed by atoms with E-state index < -0.39 is 5.97 Å². The van der Waals surface area contributed by atoms with Gasteiger partial charge >= 0.3 is 5.97 Å². The zero-order valence-corrected chi connectivity index (χ0v) is 11.9. The van der Waals surface area contributed by atoms with E-state index in [0.717, 1.165) is 17.8 Å². The third-order valence-electron chi connectivity index (χ3n) is 2.84. The monoisotopic (exact) mass is 295 g/mol. The topological polar surface area (TPSA) is 77.2 Å². The Labute approximate surface area is 121 Å².